The number of anilines is 1. The Morgan fingerprint density at radius 1 is 1.58 bits per heavy atom. The zero-order chi connectivity index (χ0) is 13.8. The largest absolute Gasteiger partial charge is 0.481 e. The molecule has 1 aromatic carbocycles. The first kappa shape index (κ1) is 13.2. The maximum atomic E-state index is 10.9. The molecule has 0 bridgehead atoms. The van der Waals surface area contributed by atoms with Gasteiger partial charge in [0.05, 0.1) is 9.80 Å². The van der Waals surface area contributed by atoms with Gasteiger partial charge in [0.2, 0.25) is 0 Å². The molecule has 0 aliphatic rings. The number of nitrogens with zero attached hydrogens (tertiary/aromatic N) is 2. The van der Waals surface area contributed by atoms with Gasteiger partial charge < -0.3 is 4.74 Å². The fourth-order valence-corrected chi connectivity index (χ4v) is 2.19. The van der Waals surface area contributed by atoms with Gasteiger partial charge in [-0.15, -0.1) is 0 Å². The fraction of sp³-hybridized carbons (Fsp3) is 0.182. The molecule has 1 aromatic heterocycles. The molecule has 0 spiro atoms. The van der Waals surface area contributed by atoms with E-state index in [4.69, 9.17) is 10.6 Å². The van der Waals surface area contributed by atoms with Crippen LogP contribution in [0.25, 0.3) is 0 Å². The number of aryl methyl sites for hydroxylation is 1. The molecule has 2 rings (SSSR count). The van der Waals surface area contributed by atoms with Crippen LogP contribution < -0.4 is 16.0 Å². The van der Waals surface area contributed by atoms with Crippen LogP contribution in [0, 0.1) is 17.0 Å². The standard InChI is InChI=1S/C11H12N4O3S/c1-7-3-2-4-9(15(16)17)10(7)18-6-8-5-13-11(14-12)19-8/h2-5H,6,12H2,1H3,(H,13,14). The molecule has 0 saturated carbocycles. The summed E-state index contributed by atoms with van der Waals surface area (Å²) < 4.78 is 5.53. The highest BCUT2D eigenvalue weighted by atomic mass is 32.1. The summed E-state index contributed by atoms with van der Waals surface area (Å²) in [5, 5.41) is 11.5. The van der Waals surface area contributed by atoms with Gasteiger partial charge in [0.25, 0.3) is 0 Å². The van der Waals surface area contributed by atoms with Crippen LogP contribution in [0.5, 0.6) is 5.75 Å². The molecule has 7 nitrogen and oxygen atoms in total. The zero-order valence-electron chi connectivity index (χ0n) is 10.1. The number of rotatable bonds is 5. The minimum Gasteiger partial charge on any atom is -0.481 e. The molecule has 0 amide bonds. The monoisotopic (exact) mass is 280 g/mol. The van der Waals surface area contributed by atoms with E-state index >= 15 is 0 Å². The van der Waals surface area contributed by atoms with Crippen molar-refractivity contribution in [1.82, 2.24) is 4.98 Å². The molecule has 3 N–H and O–H groups in total. The SMILES string of the molecule is Cc1cccc([N+](=O)[O-])c1OCc1cnc(NN)s1. The Labute approximate surface area is 113 Å². The molecule has 0 unspecified atom stereocenters. The number of para-hydroxylation sites is 1. The van der Waals surface area contributed by atoms with Crippen LogP contribution in [0.4, 0.5) is 10.8 Å². The van der Waals surface area contributed by atoms with Crippen LogP contribution in [0.15, 0.2) is 24.4 Å². The Hall–Kier alpha value is -2.19. The summed E-state index contributed by atoms with van der Waals surface area (Å²) in [5.74, 6) is 5.51. The first-order chi connectivity index (χ1) is 9.11. The second-order valence-corrected chi connectivity index (χ2v) is 4.86. The number of thiazole rings is 1. The fourth-order valence-electron chi connectivity index (χ4n) is 1.55. The van der Waals surface area contributed by atoms with E-state index < -0.39 is 4.92 Å². The normalized spacial score (nSPS) is 10.2. The van der Waals surface area contributed by atoms with Crippen molar-refractivity contribution >= 4 is 22.2 Å². The third kappa shape index (κ3) is 2.98. The minimum atomic E-state index is -0.456. The number of benzene rings is 1. The van der Waals surface area contributed by atoms with Crippen molar-refractivity contribution in [1.29, 1.82) is 0 Å². The maximum Gasteiger partial charge on any atom is 0.311 e. The summed E-state index contributed by atoms with van der Waals surface area (Å²) in [6.07, 6.45) is 1.62. The summed E-state index contributed by atoms with van der Waals surface area (Å²) in [7, 11) is 0. The second kappa shape index (κ2) is 5.63. The lowest BCUT2D eigenvalue weighted by molar-refractivity contribution is -0.386. The van der Waals surface area contributed by atoms with E-state index in [0.29, 0.717) is 5.13 Å². The number of nitro groups is 1. The van der Waals surface area contributed by atoms with Gasteiger partial charge in [0.15, 0.2) is 10.9 Å². The first-order valence-corrected chi connectivity index (χ1v) is 6.21. The maximum absolute atomic E-state index is 10.9. The van der Waals surface area contributed by atoms with Crippen molar-refractivity contribution in [2.45, 2.75) is 13.5 Å². The van der Waals surface area contributed by atoms with Gasteiger partial charge in [0, 0.05) is 12.3 Å². The van der Waals surface area contributed by atoms with Crippen LogP contribution in [0.2, 0.25) is 0 Å². The molecule has 0 aliphatic carbocycles. The predicted molar refractivity (Wildman–Crippen MR) is 72.1 cm³/mol. The summed E-state index contributed by atoms with van der Waals surface area (Å²) in [6.45, 7) is 1.98. The number of ether oxygens (including phenoxy) is 1. The Morgan fingerprint density at radius 2 is 2.37 bits per heavy atom. The number of hydrogen-bond donors (Lipinski definition) is 2. The molecule has 8 heteroatoms. The number of nitro benzene ring substituents is 1. The molecule has 0 saturated heterocycles. The lowest BCUT2D eigenvalue weighted by atomic mass is 10.2. The van der Waals surface area contributed by atoms with Crippen LogP contribution in [-0.2, 0) is 6.61 Å². The third-order valence-corrected chi connectivity index (χ3v) is 3.33. The Balaban J connectivity index is 2.17. The number of nitrogen functional groups attached to an aromatic ring is 1. The highest BCUT2D eigenvalue weighted by Gasteiger charge is 2.17. The van der Waals surface area contributed by atoms with Gasteiger partial charge in [-0.05, 0) is 12.5 Å². The molecule has 19 heavy (non-hydrogen) atoms. The highest BCUT2D eigenvalue weighted by molar-refractivity contribution is 7.15. The number of nitrogens with one attached hydrogen (secondary N) is 1. The van der Waals surface area contributed by atoms with Gasteiger partial charge in [0.1, 0.15) is 6.61 Å². The quantitative estimate of drug-likeness (QED) is 0.494. The zero-order valence-corrected chi connectivity index (χ0v) is 10.9. The number of aromatic nitrogens is 1. The smallest absolute Gasteiger partial charge is 0.311 e. The van der Waals surface area contributed by atoms with E-state index in [1.165, 1.54) is 17.4 Å². The van der Waals surface area contributed by atoms with Gasteiger partial charge in [-0.25, -0.2) is 10.8 Å². The summed E-state index contributed by atoms with van der Waals surface area (Å²) in [5.41, 5.74) is 3.11. The topological polar surface area (TPSA) is 103 Å². The van der Waals surface area contributed by atoms with Gasteiger partial charge in [-0.1, -0.05) is 23.5 Å². The average molecular weight is 280 g/mol. The van der Waals surface area contributed by atoms with Crippen LogP contribution in [0.3, 0.4) is 0 Å². The van der Waals surface area contributed by atoms with E-state index in [1.807, 2.05) is 0 Å². The van der Waals surface area contributed by atoms with E-state index in [9.17, 15) is 10.1 Å². The van der Waals surface area contributed by atoms with E-state index in [1.54, 1.807) is 25.3 Å². The van der Waals surface area contributed by atoms with Gasteiger partial charge in [-0.3, -0.25) is 15.5 Å². The lowest BCUT2D eigenvalue weighted by Gasteiger charge is -2.07. The lowest BCUT2D eigenvalue weighted by Crippen LogP contribution is -2.05. The molecular formula is C11H12N4O3S. The van der Waals surface area contributed by atoms with Crippen molar-refractivity contribution in [3.63, 3.8) is 0 Å². The first-order valence-electron chi connectivity index (χ1n) is 5.40. The Morgan fingerprint density at radius 3 is 3.00 bits per heavy atom. The summed E-state index contributed by atoms with van der Waals surface area (Å²) >= 11 is 1.33. The number of nitrogens with two attached hydrogens (primary N) is 1. The molecule has 0 fully saturated rings. The molecule has 100 valence electrons. The minimum absolute atomic E-state index is 0.0401. The molecule has 0 radical (unpaired) electrons. The summed E-state index contributed by atoms with van der Waals surface area (Å²) in [4.78, 5) is 15.3. The molecule has 2 aromatic rings. The number of hydrazine groups is 1. The molecule has 1 heterocycles. The van der Waals surface area contributed by atoms with Crippen LogP contribution >= 0.6 is 11.3 Å². The second-order valence-electron chi connectivity index (χ2n) is 3.75. The molecule has 0 atom stereocenters. The number of hydrogen-bond acceptors (Lipinski definition) is 7. The van der Waals surface area contributed by atoms with Crippen molar-refractivity contribution < 1.29 is 9.66 Å². The van der Waals surface area contributed by atoms with Crippen LogP contribution in [0.1, 0.15) is 10.4 Å². The van der Waals surface area contributed by atoms with Crippen LogP contribution in [-0.4, -0.2) is 9.91 Å². The van der Waals surface area contributed by atoms with Gasteiger partial charge in [-0.2, -0.15) is 0 Å². The van der Waals surface area contributed by atoms with Crippen molar-refractivity contribution in [2.24, 2.45) is 5.84 Å². The van der Waals surface area contributed by atoms with Crippen molar-refractivity contribution in [3.8, 4) is 5.75 Å². The third-order valence-electron chi connectivity index (χ3n) is 2.42. The Kier molecular flexibility index (Phi) is 3.93. The van der Waals surface area contributed by atoms with Crippen molar-refractivity contribution in [3.05, 3.63) is 45.0 Å². The van der Waals surface area contributed by atoms with Crippen molar-refractivity contribution in [2.75, 3.05) is 5.43 Å². The Bertz CT molecular complexity index is 599. The van der Waals surface area contributed by atoms with E-state index in [-0.39, 0.29) is 18.0 Å². The average Bonchev–Trinajstić information content (AvgIpc) is 2.85. The van der Waals surface area contributed by atoms with E-state index in [0.717, 1.165) is 10.4 Å². The highest BCUT2D eigenvalue weighted by Crippen LogP contribution is 2.31. The summed E-state index contributed by atoms with van der Waals surface area (Å²) in [6, 6.07) is 4.81. The molecule has 0 aliphatic heterocycles. The molecular weight excluding hydrogens is 268 g/mol. The van der Waals surface area contributed by atoms with E-state index in [2.05, 4.69) is 10.4 Å². The predicted octanol–water partition coefficient (Wildman–Crippen LogP) is 2.22. The van der Waals surface area contributed by atoms with Gasteiger partial charge >= 0.3 is 5.69 Å².